The summed E-state index contributed by atoms with van der Waals surface area (Å²) in [5, 5.41) is 10.3. The second-order valence-electron chi connectivity index (χ2n) is 8.29. The van der Waals surface area contributed by atoms with Gasteiger partial charge >= 0.3 is 5.97 Å². The van der Waals surface area contributed by atoms with Crippen LogP contribution in [0.15, 0.2) is 12.1 Å². The molecule has 3 saturated heterocycles. The summed E-state index contributed by atoms with van der Waals surface area (Å²) >= 11 is 6.33. The topological polar surface area (TPSA) is 65.9 Å². The van der Waals surface area contributed by atoms with Crippen LogP contribution in [0.2, 0.25) is 5.02 Å². The highest BCUT2D eigenvalue weighted by atomic mass is 35.5. The maximum Gasteiger partial charge on any atom is 0.312 e. The fourth-order valence-electron chi connectivity index (χ4n) is 4.63. The zero-order valence-corrected chi connectivity index (χ0v) is 16.6. The van der Waals surface area contributed by atoms with Gasteiger partial charge < -0.3 is 14.7 Å². The predicted molar refractivity (Wildman–Crippen MR) is 104 cm³/mol. The van der Waals surface area contributed by atoms with Crippen molar-refractivity contribution in [2.45, 2.75) is 51.2 Å². The van der Waals surface area contributed by atoms with Crippen molar-refractivity contribution in [1.82, 2.24) is 9.88 Å². The van der Waals surface area contributed by atoms with E-state index in [4.69, 9.17) is 16.3 Å². The number of aliphatic hydroxyl groups is 1. The van der Waals surface area contributed by atoms with Crippen molar-refractivity contribution in [3.63, 3.8) is 0 Å². The van der Waals surface area contributed by atoms with Gasteiger partial charge in [-0.3, -0.25) is 9.69 Å². The smallest absolute Gasteiger partial charge is 0.312 e. The summed E-state index contributed by atoms with van der Waals surface area (Å²) in [7, 11) is 0. The standard InChI is InChI=1S/C20H28ClN3O3/c1-14-2-3-17(21)18(22-14)24-10-6-20(7-11-24)12-16(27-19(20)26)13-23-8-4-15(25)5-9-23/h2-3,15-16,25H,4-13H2,1H3. The lowest BCUT2D eigenvalue weighted by atomic mass is 9.76. The quantitative estimate of drug-likeness (QED) is 0.795. The Bertz CT molecular complexity index is 698. The van der Waals surface area contributed by atoms with Crippen LogP contribution >= 0.6 is 11.6 Å². The van der Waals surface area contributed by atoms with Gasteiger partial charge in [0.05, 0.1) is 16.5 Å². The number of hydrogen-bond donors (Lipinski definition) is 1. The number of aliphatic hydroxyl groups excluding tert-OH is 1. The van der Waals surface area contributed by atoms with Crippen molar-refractivity contribution in [3.05, 3.63) is 22.8 Å². The molecule has 0 aliphatic carbocycles. The largest absolute Gasteiger partial charge is 0.461 e. The van der Waals surface area contributed by atoms with Crippen molar-refractivity contribution in [3.8, 4) is 0 Å². The lowest BCUT2D eigenvalue weighted by Crippen LogP contribution is -2.43. The van der Waals surface area contributed by atoms with E-state index in [0.717, 1.165) is 76.3 Å². The van der Waals surface area contributed by atoms with Crippen LogP contribution in [0.25, 0.3) is 0 Å². The minimum Gasteiger partial charge on any atom is -0.461 e. The maximum atomic E-state index is 12.7. The van der Waals surface area contributed by atoms with Gasteiger partial charge in [0.2, 0.25) is 0 Å². The van der Waals surface area contributed by atoms with Crippen LogP contribution in [-0.2, 0) is 9.53 Å². The molecule has 1 atom stereocenters. The van der Waals surface area contributed by atoms with Crippen LogP contribution in [0.3, 0.4) is 0 Å². The van der Waals surface area contributed by atoms with Crippen LogP contribution < -0.4 is 4.90 Å². The molecule has 3 fully saturated rings. The molecule has 1 aromatic heterocycles. The van der Waals surface area contributed by atoms with Crippen LogP contribution in [0, 0.1) is 12.3 Å². The Balaban J connectivity index is 1.36. The Morgan fingerprint density at radius 2 is 1.96 bits per heavy atom. The van der Waals surface area contributed by atoms with Gasteiger partial charge in [0.25, 0.3) is 0 Å². The van der Waals surface area contributed by atoms with Crippen molar-refractivity contribution in [2.24, 2.45) is 5.41 Å². The molecule has 1 N–H and O–H groups in total. The van der Waals surface area contributed by atoms with E-state index in [0.29, 0.717) is 5.02 Å². The normalized spacial score (nSPS) is 26.6. The predicted octanol–water partition coefficient (Wildman–Crippen LogP) is 2.40. The molecule has 1 spiro atoms. The molecule has 7 heteroatoms. The minimum absolute atomic E-state index is 0.0278. The molecule has 1 unspecified atom stereocenters. The third-order valence-corrected chi connectivity index (χ3v) is 6.63. The van der Waals surface area contributed by atoms with E-state index >= 15 is 0 Å². The maximum absolute atomic E-state index is 12.7. The number of cyclic esters (lactones) is 1. The molecule has 0 bridgehead atoms. The average molecular weight is 394 g/mol. The molecule has 4 rings (SSSR count). The van der Waals surface area contributed by atoms with Gasteiger partial charge in [-0.25, -0.2) is 4.98 Å². The molecule has 0 amide bonds. The molecule has 6 nitrogen and oxygen atoms in total. The zero-order chi connectivity index (χ0) is 19.0. The van der Waals surface area contributed by atoms with Crippen molar-refractivity contribution in [2.75, 3.05) is 37.6 Å². The lowest BCUT2D eigenvalue weighted by molar-refractivity contribution is -0.150. The Kier molecular flexibility index (Phi) is 5.32. The van der Waals surface area contributed by atoms with E-state index in [9.17, 15) is 9.90 Å². The first-order valence-corrected chi connectivity index (χ1v) is 10.3. The number of aromatic nitrogens is 1. The summed E-state index contributed by atoms with van der Waals surface area (Å²) in [6, 6.07) is 3.80. The van der Waals surface area contributed by atoms with Crippen molar-refractivity contribution < 1.29 is 14.6 Å². The van der Waals surface area contributed by atoms with E-state index in [2.05, 4.69) is 14.8 Å². The third kappa shape index (κ3) is 3.93. The van der Waals surface area contributed by atoms with E-state index in [1.807, 2.05) is 19.1 Å². The molecule has 148 valence electrons. The van der Waals surface area contributed by atoms with Gasteiger partial charge in [0.1, 0.15) is 11.9 Å². The Labute approximate surface area is 165 Å². The number of esters is 1. The summed E-state index contributed by atoms with van der Waals surface area (Å²) in [6.45, 7) is 6.06. The summed E-state index contributed by atoms with van der Waals surface area (Å²) in [5.74, 6) is 0.786. The number of halogens is 1. The second-order valence-corrected chi connectivity index (χ2v) is 8.70. The molecular formula is C20H28ClN3O3. The highest BCUT2D eigenvalue weighted by Crippen LogP contribution is 2.44. The summed E-state index contributed by atoms with van der Waals surface area (Å²) < 4.78 is 5.76. The number of carbonyl (C=O) groups excluding carboxylic acids is 1. The Morgan fingerprint density at radius 3 is 2.67 bits per heavy atom. The summed E-state index contributed by atoms with van der Waals surface area (Å²) in [4.78, 5) is 21.8. The average Bonchev–Trinajstić information content (AvgIpc) is 2.95. The van der Waals surface area contributed by atoms with Gasteiger partial charge in [-0.15, -0.1) is 0 Å². The number of pyridine rings is 1. The van der Waals surface area contributed by atoms with Gasteiger partial charge in [-0.1, -0.05) is 11.6 Å². The van der Waals surface area contributed by atoms with Gasteiger partial charge in [-0.05, 0) is 44.7 Å². The number of aryl methyl sites for hydroxylation is 1. The Hall–Kier alpha value is -1.37. The van der Waals surface area contributed by atoms with Crippen LogP contribution in [0.5, 0.6) is 0 Å². The van der Waals surface area contributed by atoms with E-state index in [-0.39, 0.29) is 23.6 Å². The van der Waals surface area contributed by atoms with Gasteiger partial charge in [-0.2, -0.15) is 0 Å². The first kappa shape index (κ1) is 19.0. The summed E-state index contributed by atoms with van der Waals surface area (Å²) in [6.07, 6.45) is 3.79. The van der Waals surface area contributed by atoms with Gasteiger partial charge in [0, 0.05) is 44.8 Å². The fraction of sp³-hybridized carbons (Fsp3) is 0.700. The van der Waals surface area contributed by atoms with Crippen LogP contribution in [0.4, 0.5) is 5.82 Å². The molecule has 4 heterocycles. The Morgan fingerprint density at radius 1 is 1.26 bits per heavy atom. The van der Waals surface area contributed by atoms with Gasteiger partial charge in [0.15, 0.2) is 0 Å². The highest BCUT2D eigenvalue weighted by Gasteiger charge is 2.50. The molecule has 1 aromatic rings. The van der Waals surface area contributed by atoms with Crippen molar-refractivity contribution in [1.29, 1.82) is 0 Å². The van der Waals surface area contributed by atoms with E-state index < -0.39 is 0 Å². The number of hydrogen-bond acceptors (Lipinski definition) is 6. The molecule has 0 saturated carbocycles. The SMILES string of the molecule is Cc1ccc(Cl)c(N2CCC3(CC2)CC(CN2CCC(O)CC2)OC3=O)n1. The van der Waals surface area contributed by atoms with E-state index in [1.165, 1.54) is 0 Å². The number of ether oxygens (including phenoxy) is 1. The molecular weight excluding hydrogens is 366 g/mol. The number of rotatable bonds is 3. The second kappa shape index (κ2) is 7.57. The molecule has 27 heavy (non-hydrogen) atoms. The minimum atomic E-state index is -0.354. The first-order valence-electron chi connectivity index (χ1n) is 9.95. The third-order valence-electron chi connectivity index (χ3n) is 6.33. The number of anilines is 1. The summed E-state index contributed by atoms with van der Waals surface area (Å²) in [5.41, 5.74) is 0.592. The monoisotopic (exact) mass is 393 g/mol. The van der Waals surface area contributed by atoms with Crippen molar-refractivity contribution >= 4 is 23.4 Å². The van der Waals surface area contributed by atoms with E-state index in [1.54, 1.807) is 0 Å². The number of nitrogens with zero attached hydrogens (tertiary/aromatic N) is 3. The molecule has 3 aliphatic heterocycles. The zero-order valence-electron chi connectivity index (χ0n) is 15.9. The van der Waals surface area contributed by atoms with Crippen LogP contribution in [0.1, 0.15) is 37.8 Å². The number of carbonyl (C=O) groups is 1. The number of piperidine rings is 2. The molecule has 0 radical (unpaired) electrons. The molecule has 3 aliphatic rings. The number of likely N-dealkylation sites (tertiary alicyclic amines) is 1. The molecule has 0 aromatic carbocycles. The first-order chi connectivity index (χ1) is 12.9. The highest BCUT2D eigenvalue weighted by molar-refractivity contribution is 6.32. The van der Waals surface area contributed by atoms with Crippen LogP contribution in [-0.4, -0.2) is 65.9 Å². The lowest BCUT2D eigenvalue weighted by Gasteiger charge is -2.37. The fourth-order valence-corrected chi connectivity index (χ4v) is 4.86.